The molecule has 1 aromatic rings. The fraction of sp³-hybridized carbons (Fsp3) is 0.588. The van der Waals surface area contributed by atoms with Gasteiger partial charge in [0.15, 0.2) is 5.78 Å². The molecule has 3 atom stereocenters. The lowest BCUT2D eigenvalue weighted by Gasteiger charge is -2.32. The average molecular weight is 260 g/mol. The molecule has 1 aromatic carbocycles. The second kappa shape index (κ2) is 5.77. The third-order valence-electron chi connectivity index (χ3n) is 4.43. The fourth-order valence-electron chi connectivity index (χ4n) is 2.79. The number of rotatable bonds is 3. The molecule has 1 aliphatic rings. The van der Waals surface area contributed by atoms with E-state index in [2.05, 4.69) is 13.8 Å². The van der Waals surface area contributed by atoms with Crippen LogP contribution >= 0.6 is 0 Å². The number of aryl methyl sites for hydroxylation is 1. The highest BCUT2D eigenvalue weighted by Gasteiger charge is 2.26. The Morgan fingerprint density at radius 1 is 1.21 bits per heavy atom. The third-order valence-corrected chi connectivity index (χ3v) is 4.43. The monoisotopic (exact) mass is 260 g/mol. The Kier molecular flexibility index (Phi) is 4.28. The molecule has 0 radical (unpaired) electrons. The van der Waals surface area contributed by atoms with Crippen LogP contribution in [0.25, 0.3) is 0 Å². The minimum atomic E-state index is 0.106. The van der Waals surface area contributed by atoms with E-state index in [-0.39, 0.29) is 5.78 Å². The summed E-state index contributed by atoms with van der Waals surface area (Å²) in [5, 5.41) is 0. The number of carbonyl (C=O) groups excluding carboxylic acids is 1. The summed E-state index contributed by atoms with van der Waals surface area (Å²) < 4.78 is 6.13. The van der Waals surface area contributed by atoms with Gasteiger partial charge in [0.05, 0.1) is 6.10 Å². The molecule has 2 nitrogen and oxygen atoms in total. The first-order chi connectivity index (χ1) is 8.97. The van der Waals surface area contributed by atoms with Crippen molar-refractivity contribution < 1.29 is 9.53 Å². The molecule has 3 unspecified atom stereocenters. The van der Waals surface area contributed by atoms with Gasteiger partial charge >= 0.3 is 0 Å². The minimum Gasteiger partial charge on any atom is -0.490 e. The van der Waals surface area contributed by atoms with Crippen molar-refractivity contribution >= 4 is 5.78 Å². The SMILES string of the molecule is CC(=O)c1ccc(OC2CCC(C)C(C)C2)c(C)c1. The van der Waals surface area contributed by atoms with Crippen molar-refractivity contribution in [1.82, 2.24) is 0 Å². The number of hydrogen-bond donors (Lipinski definition) is 0. The smallest absolute Gasteiger partial charge is 0.159 e. The Morgan fingerprint density at radius 2 is 1.95 bits per heavy atom. The maximum atomic E-state index is 11.3. The molecule has 104 valence electrons. The summed E-state index contributed by atoms with van der Waals surface area (Å²) in [7, 11) is 0. The highest BCUT2D eigenvalue weighted by atomic mass is 16.5. The van der Waals surface area contributed by atoms with E-state index in [1.807, 2.05) is 25.1 Å². The van der Waals surface area contributed by atoms with Gasteiger partial charge in [-0.2, -0.15) is 0 Å². The molecular formula is C17H24O2. The lowest BCUT2D eigenvalue weighted by molar-refractivity contribution is 0.0996. The van der Waals surface area contributed by atoms with Crippen molar-refractivity contribution in [3.05, 3.63) is 29.3 Å². The normalized spacial score (nSPS) is 27.1. The third kappa shape index (κ3) is 3.37. The van der Waals surface area contributed by atoms with Gasteiger partial charge in [-0.1, -0.05) is 13.8 Å². The first-order valence-electron chi connectivity index (χ1n) is 7.25. The number of hydrogen-bond acceptors (Lipinski definition) is 2. The van der Waals surface area contributed by atoms with Crippen LogP contribution in [0.2, 0.25) is 0 Å². The van der Waals surface area contributed by atoms with Crippen molar-refractivity contribution in [3.8, 4) is 5.75 Å². The standard InChI is InChI=1S/C17H24O2/c1-11-5-7-16(10-12(11)2)19-17-8-6-15(14(4)18)9-13(17)3/h6,8-9,11-12,16H,5,7,10H2,1-4H3. The first-order valence-corrected chi connectivity index (χ1v) is 7.25. The van der Waals surface area contributed by atoms with Crippen molar-refractivity contribution in [2.45, 2.75) is 53.1 Å². The second-order valence-corrected chi connectivity index (χ2v) is 6.04. The van der Waals surface area contributed by atoms with Crippen LogP contribution < -0.4 is 4.74 Å². The number of Topliss-reactive ketones (excluding diaryl/α,β-unsaturated/α-hetero) is 1. The molecule has 19 heavy (non-hydrogen) atoms. The molecular weight excluding hydrogens is 236 g/mol. The Balaban J connectivity index is 2.05. The lowest BCUT2D eigenvalue weighted by Crippen LogP contribution is -2.28. The first kappa shape index (κ1) is 14.1. The quantitative estimate of drug-likeness (QED) is 0.753. The Bertz CT molecular complexity index is 464. The van der Waals surface area contributed by atoms with Crippen molar-refractivity contribution in [3.63, 3.8) is 0 Å². The number of benzene rings is 1. The average Bonchev–Trinajstić information content (AvgIpc) is 2.36. The molecule has 1 fully saturated rings. The van der Waals surface area contributed by atoms with Crippen molar-refractivity contribution in [2.24, 2.45) is 11.8 Å². The number of carbonyl (C=O) groups is 1. The Labute approximate surface area is 116 Å². The van der Waals surface area contributed by atoms with Gasteiger partial charge in [0, 0.05) is 5.56 Å². The van der Waals surface area contributed by atoms with E-state index in [0.717, 1.165) is 41.6 Å². The van der Waals surface area contributed by atoms with Crippen LogP contribution in [0.15, 0.2) is 18.2 Å². The highest BCUT2D eigenvalue weighted by Crippen LogP contribution is 2.32. The molecule has 0 heterocycles. The summed E-state index contributed by atoms with van der Waals surface area (Å²) in [5.74, 6) is 2.57. The predicted molar refractivity (Wildman–Crippen MR) is 77.8 cm³/mol. The lowest BCUT2D eigenvalue weighted by atomic mass is 9.80. The van der Waals surface area contributed by atoms with Gasteiger partial charge in [0.2, 0.25) is 0 Å². The molecule has 0 aliphatic heterocycles. The van der Waals surface area contributed by atoms with Crippen LogP contribution in [0.5, 0.6) is 5.75 Å². The van der Waals surface area contributed by atoms with E-state index in [0.29, 0.717) is 6.10 Å². The summed E-state index contributed by atoms with van der Waals surface area (Å²) in [6.45, 7) is 8.25. The molecule has 1 saturated carbocycles. The van der Waals surface area contributed by atoms with Crippen LogP contribution in [0.1, 0.15) is 56.0 Å². The topological polar surface area (TPSA) is 26.3 Å². The minimum absolute atomic E-state index is 0.106. The van der Waals surface area contributed by atoms with E-state index in [4.69, 9.17) is 4.74 Å². The van der Waals surface area contributed by atoms with Crippen molar-refractivity contribution in [2.75, 3.05) is 0 Å². The van der Waals surface area contributed by atoms with E-state index < -0.39 is 0 Å². The zero-order valence-electron chi connectivity index (χ0n) is 12.4. The fourth-order valence-corrected chi connectivity index (χ4v) is 2.79. The van der Waals surface area contributed by atoms with Gasteiger partial charge in [-0.15, -0.1) is 0 Å². The van der Waals surface area contributed by atoms with E-state index in [9.17, 15) is 4.79 Å². The highest BCUT2D eigenvalue weighted by molar-refractivity contribution is 5.94. The van der Waals surface area contributed by atoms with E-state index in [1.54, 1.807) is 6.92 Å². The summed E-state index contributed by atoms with van der Waals surface area (Å²) in [6.07, 6.45) is 3.85. The van der Waals surface area contributed by atoms with Gasteiger partial charge in [0.1, 0.15) is 5.75 Å². The van der Waals surface area contributed by atoms with Gasteiger partial charge in [-0.25, -0.2) is 0 Å². The summed E-state index contributed by atoms with van der Waals surface area (Å²) in [5.41, 5.74) is 1.81. The van der Waals surface area contributed by atoms with Crippen LogP contribution in [-0.2, 0) is 0 Å². The van der Waals surface area contributed by atoms with E-state index >= 15 is 0 Å². The van der Waals surface area contributed by atoms with E-state index in [1.165, 1.54) is 6.42 Å². The molecule has 0 bridgehead atoms. The van der Waals surface area contributed by atoms with Gasteiger partial charge in [0.25, 0.3) is 0 Å². The molecule has 2 rings (SSSR count). The summed E-state index contributed by atoms with van der Waals surface area (Å²) >= 11 is 0. The predicted octanol–water partition coefficient (Wildman–Crippen LogP) is 4.40. The molecule has 0 spiro atoms. The molecule has 0 N–H and O–H groups in total. The van der Waals surface area contributed by atoms with Crippen LogP contribution in [0.4, 0.5) is 0 Å². The Morgan fingerprint density at radius 3 is 2.53 bits per heavy atom. The van der Waals surface area contributed by atoms with Gasteiger partial charge in [-0.05, 0) is 68.7 Å². The number of ether oxygens (including phenoxy) is 1. The maximum Gasteiger partial charge on any atom is 0.159 e. The van der Waals surface area contributed by atoms with Crippen molar-refractivity contribution in [1.29, 1.82) is 0 Å². The summed E-state index contributed by atoms with van der Waals surface area (Å²) in [4.78, 5) is 11.3. The molecule has 2 heteroatoms. The molecule has 1 aliphatic carbocycles. The molecule has 0 aromatic heterocycles. The zero-order valence-corrected chi connectivity index (χ0v) is 12.4. The van der Waals surface area contributed by atoms with Crippen LogP contribution in [0, 0.1) is 18.8 Å². The van der Waals surface area contributed by atoms with Gasteiger partial charge < -0.3 is 4.74 Å². The maximum absolute atomic E-state index is 11.3. The number of ketones is 1. The second-order valence-electron chi connectivity index (χ2n) is 6.04. The Hall–Kier alpha value is -1.31. The summed E-state index contributed by atoms with van der Waals surface area (Å²) in [6, 6.07) is 5.72. The van der Waals surface area contributed by atoms with Crippen LogP contribution in [-0.4, -0.2) is 11.9 Å². The molecule has 0 saturated heterocycles. The molecule has 0 amide bonds. The van der Waals surface area contributed by atoms with Crippen LogP contribution in [0.3, 0.4) is 0 Å². The largest absolute Gasteiger partial charge is 0.490 e. The van der Waals surface area contributed by atoms with Gasteiger partial charge in [-0.3, -0.25) is 4.79 Å². The zero-order chi connectivity index (χ0) is 14.0.